The zero-order valence-electron chi connectivity index (χ0n) is 16.0. The number of hydrogen-bond donors (Lipinski definition) is 2. The molecule has 2 aromatic carbocycles. The highest BCUT2D eigenvalue weighted by molar-refractivity contribution is 7.98. The van der Waals surface area contributed by atoms with Crippen LogP contribution in [0.4, 0.5) is 5.69 Å². The molecule has 0 aliphatic heterocycles. The molecule has 0 aliphatic rings. The molecule has 0 radical (unpaired) electrons. The number of amides is 2. The van der Waals surface area contributed by atoms with E-state index in [0.29, 0.717) is 11.3 Å². The Labute approximate surface area is 172 Å². The van der Waals surface area contributed by atoms with Gasteiger partial charge in [0.15, 0.2) is 5.16 Å². The van der Waals surface area contributed by atoms with Crippen molar-refractivity contribution >= 4 is 35.5 Å². The topological polar surface area (TPSA) is 101 Å². The Balaban J connectivity index is 1.50. The first-order valence-corrected chi connectivity index (χ1v) is 9.76. The van der Waals surface area contributed by atoms with Crippen LogP contribution in [0.2, 0.25) is 0 Å². The average molecular weight is 408 g/mol. The number of hydrogen-bond acceptors (Lipinski definition) is 6. The van der Waals surface area contributed by atoms with Gasteiger partial charge in [-0.05, 0) is 35.4 Å². The van der Waals surface area contributed by atoms with Gasteiger partial charge in [-0.15, -0.1) is 10.2 Å². The van der Waals surface area contributed by atoms with E-state index in [0.717, 1.165) is 22.0 Å². The van der Waals surface area contributed by atoms with Crippen molar-refractivity contribution in [3.63, 3.8) is 0 Å². The van der Waals surface area contributed by atoms with Crippen molar-refractivity contribution in [1.82, 2.24) is 20.2 Å². The van der Waals surface area contributed by atoms with E-state index in [1.165, 1.54) is 6.92 Å². The summed E-state index contributed by atoms with van der Waals surface area (Å²) in [5, 5.41) is 15.4. The third-order valence-corrected chi connectivity index (χ3v) is 4.97. The molecule has 0 spiro atoms. The van der Waals surface area contributed by atoms with Crippen LogP contribution >= 0.6 is 11.8 Å². The number of hydrazone groups is 1. The largest absolute Gasteiger partial charge is 0.326 e. The molecule has 0 fully saturated rings. The summed E-state index contributed by atoms with van der Waals surface area (Å²) in [6.45, 7) is 1.45. The van der Waals surface area contributed by atoms with Crippen LogP contribution in [0.1, 0.15) is 28.4 Å². The van der Waals surface area contributed by atoms with Crippen molar-refractivity contribution in [3.05, 3.63) is 71.5 Å². The fourth-order valence-corrected chi connectivity index (χ4v) is 3.23. The van der Waals surface area contributed by atoms with Crippen LogP contribution in [0.25, 0.3) is 0 Å². The lowest BCUT2D eigenvalue weighted by Crippen LogP contribution is -2.17. The molecular formula is C20H20N6O2S. The maximum absolute atomic E-state index is 12.2. The Morgan fingerprint density at radius 3 is 2.48 bits per heavy atom. The van der Waals surface area contributed by atoms with E-state index in [-0.39, 0.29) is 11.8 Å². The highest BCUT2D eigenvalue weighted by Crippen LogP contribution is 2.20. The maximum atomic E-state index is 12.2. The number of nitrogens with one attached hydrogen (secondary N) is 2. The van der Waals surface area contributed by atoms with E-state index >= 15 is 0 Å². The Kier molecular flexibility index (Phi) is 6.75. The first-order valence-electron chi connectivity index (χ1n) is 8.78. The quantitative estimate of drug-likeness (QED) is 0.356. The second kappa shape index (κ2) is 9.65. The summed E-state index contributed by atoms with van der Waals surface area (Å²) in [4.78, 5) is 23.2. The highest BCUT2D eigenvalue weighted by atomic mass is 32.2. The summed E-state index contributed by atoms with van der Waals surface area (Å²) in [6, 6.07) is 14.5. The van der Waals surface area contributed by atoms with Crippen molar-refractivity contribution in [2.24, 2.45) is 12.1 Å². The van der Waals surface area contributed by atoms with Gasteiger partial charge in [-0.1, -0.05) is 36.0 Å². The van der Waals surface area contributed by atoms with Gasteiger partial charge in [0.25, 0.3) is 5.91 Å². The smallest absolute Gasteiger partial charge is 0.271 e. The first kappa shape index (κ1) is 20.3. The van der Waals surface area contributed by atoms with E-state index in [1.807, 2.05) is 23.7 Å². The van der Waals surface area contributed by atoms with E-state index in [4.69, 9.17) is 0 Å². The van der Waals surface area contributed by atoms with E-state index in [1.54, 1.807) is 60.7 Å². The summed E-state index contributed by atoms with van der Waals surface area (Å²) in [7, 11) is 1.90. The average Bonchev–Trinajstić information content (AvgIpc) is 3.12. The summed E-state index contributed by atoms with van der Waals surface area (Å²) in [5.74, 6) is 0.321. The zero-order chi connectivity index (χ0) is 20.6. The minimum atomic E-state index is -0.288. The molecule has 2 N–H and O–H groups in total. The number of thioether (sulfide) groups is 1. The molecule has 2 amide bonds. The number of anilines is 1. The number of aryl methyl sites for hydroxylation is 1. The van der Waals surface area contributed by atoms with Gasteiger partial charge in [-0.3, -0.25) is 9.59 Å². The summed E-state index contributed by atoms with van der Waals surface area (Å²) >= 11 is 1.58. The highest BCUT2D eigenvalue weighted by Gasteiger charge is 2.06. The summed E-state index contributed by atoms with van der Waals surface area (Å²) in [6.07, 6.45) is 3.20. The molecule has 0 saturated heterocycles. The first-order chi connectivity index (χ1) is 14.0. The van der Waals surface area contributed by atoms with Crippen molar-refractivity contribution in [1.29, 1.82) is 0 Å². The molecule has 0 saturated carbocycles. The molecule has 148 valence electrons. The molecule has 1 heterocycles. The number of rotatable bonds is 7. The zero-order valence-corrected chi connectivity index (χ0v) is 16.8. The van der Waals surface area contributed by atoms with Crippen LogP contribution < -0.4 is 10.7 Å². The van der Waals surface area contributed by atoms with E-state index in [2.05, 4.69) is 26.0 Å². The lowest BCUT2D eigenvalue weighted by molar-refractivity contribution is -0.114. The van der Waals surface area contributed by atoms with Crippen LogP contribution in [-0.2, 0) is 17.6 Å². The minimum Gasteiger partial charge on any atom is -0.326 e. The number of carbonyl (C=O) groups is 2. The summed E-state index contributed by atoms with van der Waals surface area (Å²) < 4.78 is 1.86. The third-order valence-electron chi connectivity index (χ3n) is 3.86. The minimum absolute atomic E-state index is 0.128. The van der Waals surface area contributed by atoms with Crippen LogP contribution in [0.15, 0.2) is 65.1 Å². The molecular weight excluding hydrogens is 388 g/mol. The molecule has 3 aromatic rings. The molecule has 9 heteroatoms. The SMILES string of the molecule is CC(=O)Nc1ccc(C=NNC(=O)c2ccc(CSc3nncn3C)cc2)cc1. The van der Waals surface area contributed by atoms with Gasteiger partial charge in [0, 0.05) is 31.0 Å². The van der Waals surface area contributed by atoms with Crippen LogP contribution in [0, 0.1) is 0 Å². The normalized spacial score (nSPS) is 10.8. The van der Waals surface area contributed by atoms with Gasteiger partial charge >= 0.3 is 0 Å². The fraction of sp³-hybridized carbons (Fsp3) is 0.150. The lowest BCUT2D eigenvalue weighted by Gasteiger charge is -2.04. The van der Waals surface area contributed by atoms with Gasteiger partial charge < -0.3 is 9.88 Å². The van der Waals surface area contributed by atoms with Gasteiger partial charge in [-0.2, -0.15) is 5.10 Å². The Morgan fingerprint density at radius 2 is 1.86 bits per heavy atom. The molecule has 0 unspecified atom stereocenters. The monoisotopic (exact) mass is 408 g/mol. The van der Waals surface area contributed by atoms with Gasteiger partial charge in [0.2, 0.25) is 5.91 Å². The Bertz CT molecular complexity index is 1010. The van der Waals surface area contributed by atoms with Crippen molar-refractivity contribution in [2.45, 2.75) is 17.8 Å². The molecule has 3 rings (SSSR count). The number of benzene rings is 2. The molecule has 1 aromatic heterocycles. The fourth-order valence-electron chi connectivity index (χ4n) is 2.39. The predicted octanol–water partition coefficient (Wildman–Crippen LogP) is 2.83. The molecule has 0 atom stereocenters. The number of nitrogens with zero attached hydrogens (tertiary/aromatic N) is 4. The van der Waals surface area contributed by atoms with Gasteiger partial charge in [0.05, 0.1) is 6.21 Å². The third kappa shape index (κ3) is 6.01. The second-order valence-corrected chi connectivity index (χ2v) is 7.15. The Morgan fingerprint density at radius 1 is 1.14 bits per heavy atom. The van der Waals surface area contributed by atoms with Crippen molar-refractivity contribution in [2.75, 3.05) is 5.32 Å². The van der Waals surface area contributed by atoms with Gasteiger partial charge in [-0.25, -0.2) is 5.43 Å². The van der Waals surface area contributed by atoms with E-state index < -0.39 is 0 Å². The maximum Gasteiger partial charge on any atom is 0.271 e. The predicted molar refractivity (Wildman–Crippen MR) is 113 cm³/mol. The van der Waals surface area contributed by atoms with Crippen LogP contribution in [0.5, 0.6) is 0 Å². The lowest BCUT2D eigenvalue weighted by atomic mass is 10.1. The Hall–Kier alpha value is -3.46. The van der Waals surface area contributed by atoms with Crippen molar-refractivity contribution in [3.8, 4) is 0 Å². The molecule has 0 aliphatic carbocycles. The summed E-state index contributed by atoms with van der Waals surface area (Å²) in [5.41, 5.74) is 5.62. The second-order valence-electron chi connectivity index (χ2n) is 6.21. The van der Waals surface area contributed by atoms with E-state index in [9.17, 15) is 9.59 Å². The van der Waals surface area contributed by atoms with Crippen LogP contribution in [-0.4, -0.2) is 32.8 Å². The standard InChI is InChI=1S/C20H20N6O2S/c1-14(27)23-18-9-5-15(6-10-18)11-21-24-19(28)17-7-3-16(4-8-17)12-29-20-25-22-13-26(20)2/h3-11,13H,12H2,1-2H3,(H,23,27)(H,24,28). The molecule has 0 bridgehead atoms. The molecule has 29 heavy (non-hydrogen) atoms. The van der Waals surface area contributed by atoms with Gasteiger partial charge in [0.1, 0.15) is 6.33 Å². The van der Waals surface area contributed by atoms with Crippen LogP contribution in [0.3, 0.4) is 0 Å². The van der Waals surface area contributed by atoms with Crippen molar-refractivity contribution < 1.29 is 9.59 Å². The number of carbonyl (C=O) groups excluding carboxylic acids is 2. The number of aromatic nitrogens is 3. The molecule has 8 nitrogen and oxygen atoms in total.